The molecule has 0 aliphatic carbocycles. The van der Waals surface area contributed by atoms with Gasteiger partial charge in [0.1, 0.15) is 0 Å². The fourth-order valence-electron chi connectivity index (χ4n) is 1.41. The van der Waals surface area contributed by atoms with Crippen molar-refractivity contribution in [2.75, 3.05) is 13.7 Å². The Bertz CT molecular complexity index is 225. The van der Waals surface area contributed by atoms with Crippen LogP contribution in [0.25, 0.3) is 0 Å². The van der Waals surface area contributed by atoms with Crippen molar-refractivity contribution in [3.8, 4) is 0 Å². The van der Waals surface area contributed by atoms with E-state index in [9.17, 15) is 4.79 Å². The second-order valence-electron chi connectivity index (χ2n) is 3.25. The highest BCUT2D eigenvalue weighted by Crippen LogP contribution is 2.35. The lowest BCUT2D eigenvalue weighted by atomic mass is 10.1. The molecule has 1 unspecified atom stereocenters. The quantitative estimate of drug-likeness (QED) is 0.561. The summed E-state index contributed by atoms with van der Waals surface area (Å²) in [5.74, 6) is -0.223. The number of aliphatic hydroxyl groups is 1. The number of rotatable bonds is 5. The lowest BCUT2D eigenvalue weighted by Gasteiger charge is -2.07. The Kier molecular flexibility index (Phi) is 5.04. The van der Waals surface area contributed by atoms with Crippen LogP contribution in [0.15, 0.2) is 11.0 Å². The molecule has 0 aromatic rings. The van der Waals surface area contributed by atoms with E-state index in [1.165, 1.54) is 7.11 Å². The van der Waals surface area contributed by atoms with Crippen LogP contribution in [0.5, 0.6) is 0 Å². The summed E-state index contributed by atoms with van der Waals surface area (Å²) in [6.45, 7) is 0.259. The minimum atomic E-state index is -0.223. The second kappa shape index (κ2) is 6.09. The van der Waals surface area contributed by atoms with E-state index in [-0.39, 0.29) is 12.6 Å². The average Bonchev–Trinajstić information content (AvgIpc) is 2.66. The van der Waals surface area contributed by atoms with Crippen LogP contribution in [-0.4, -0.2) is 30.0 Å². The average molecular weight is 216 g/mol. The molecule has 0 spiro atoms. The molecule has 80 valence electrons. The molecular weight excluding hydrogens is 200 g/mol. The van der Waals surface area contributed by atoms with Crippen LogP contribution in [0.2, 0.25) is 0 Å². The van der Waals surface area contributed by atoms with Crippen molar-refractivity contribution in [3.63, 3.8) is 0 Å². The zero-order valence-electron chi connectivity index (χ0n) is 8.36. The highest BCUT2D eigenvalue weighted by Gasteiger charge is 2.22. The minimum Gasteiger partial charge on any atom is -0.465 e. The maximum absolute atomic E-state index is 11.1. The number of methoxy groups -OCH3 is 1. The topological polar surface area (TPSA) is 46.5 Å². The molecule has 1 N–H and O–H groups in total. The number of aliphatic hydroxyl groups excluding tert-OH is 1. The van der Waals surface area contributed by atoms with Gasteiger partial charge in [0.25, 0.3) is 0 Å². The molecule has 0 saturated heterocycles. The molecule has 1 aliphatic rings. The number of thioether (sulfide) groups is 1. The molecule has 4 heteroatoms. The van der Waals surface area contributed by atoms with Gasteiger partial charge in [-0.25, -0.2) is 4.79 Å². The van der Waals surface area contributed by atoms with Crippen LogP contribution in [0, 0.1) is 0 Å². The lowest BCUT2D eigenvalue weighted by molar-refractivity contribution is -0.135. The van der Waals surface area contributed by atoms with Crippen molar-refractivity contribution in [1.82, 2.24) is 0 Å². The van der Waals surface area contributed by atoms with E-state index in [0.29, 0.717) is 5.25 Å². The molecule has 0 radical (unpaired) electrons. The van der Waals surface area contributed by atoms with E-state index in [0.717, 1.165) is 30.6 Å². The fraction of sp³-hybridized carbons (Fsp3) is 0.700. The van der Waals surface area contributed by atoms with Crippen molar-refractivity contribution >= 4 is 17.7 Å². The number of carbonyl (C=O) groups excluding carboxylic acids is 1. The lowest BCUT2D eigenvalue weighted by Crippen LogP contribution is -2.02. The van der Waals surface area contributed by atoms with Crippen molar-refractivity contribution in [2.45, 2.75) is 30.9 Å². The zero-order valence-corrected chi connectivity index (χ0v) is 9.18. The van der Waals surface area contributed by atoms with E-state index in [4.69, 9.17) is 5.11 Å². The first-order chi connectivity index (χ1) is 6.77. The SMILES string of the molecule is COC(=O)C1=CCC(CCCCO)S1. The van der Waals surface area contributed by atoms with E-state index < -0.39 is 0 Å². The van der Waals surface area contributed by atoms with Crippen molar-refractivity contribution in [2.24, 2.45) is 0 Å². The molecule has 0 fully saturated rings. The van der Waals surface area contributed by atoms with Gasteiger partial charge < -0.3 is 9.84 Å². The normalized spacial score (nSPS) is 20.7. The van der Waals surface area contributed by atoms with E-state index in [1.54, 1.807) is 11.8 Å². The number of unbranched alkanes of at least 4 members (excludes halogenated alkanes) is 1. The van der Waals surface area contributed by atoms with E-state index in [1.807, 2.05) is 6.08 Å². The van der Waals surface area contributed by atoms with Gasteiger partial charge in [-0.15, -0.1) is 11.8 Å². The monoisotopic (exact) mass is 216 g/mol. The predicted octanol–water partition coefficient (Wildman–Crippen LogP) is 1.71. The highest BCUT2D eigenvalue weighted by molar-refractivity contribution is 8.04. The molecule has 0 aromatic carbocycles. The maximum Gasteiger partial charge on any atom is 0.344 e. The Morgan fingerprint density at radius 1 is 1.71 bits per heavy atom. The van der Waals surface area contributed by atoms with Crippen LogP contribution in [0.4, 0.5) is 0 Å². The summed E-state index contributed by atoms with van der Waals surface area (Å²) < 4.78 is 4.64. The largest absolute Gasteiger partial charge is 0.465 e. The minimum absolute atomic E-state index is 0.223. The van der Waals surface area contributed by atoms with Gasteiger partial charge in [0, 0.05) is 11.9 Å². The Morgan fingerprint density at radius 2 is 2.50 bits per heavy atom. The Balaban J connectivity index is 2.21. The van der Waals surface area contributed by atoms with Gasteiger partial charge in [-0.1, -0.05) is 12.5 Å². The first-order valence-corrected chi connectivity index (χ1v) is 5.72. The third kappa shape index (κ3) is 3.35. The summed E-state index contributed by atoms with van der Waals surface area (Å²) in [7, 11) is 1.41. The van der Waals surface area contributed by atoms with Crippen LogP contribution >= 0.6 is 11.8 Å². The summed E-state index contributed by atoms with van der Waals surface area (Å²) >= 11 is 1.60. The summed E-state index contributed by atoms with van der Waals surface area (Å²) in [4.78, 5) is 11.9. The summed E-state index contributed by atoms with van der Waals surface area (Å²) in [5, 5.41) is 9.12. The molecule has 14 heavy (non-hydrogen) atoms. The molecule has 0 saturated carbocycles. The number of carbonyl (C=O) groups is 1. The molecule has 0 aromatic heterocycles. The third-order valence-corrected chi connectivity index (χ3v) is 3.53. The summed E-state index contributed by atoms with van der Waals surface area (Å²) in [5.41, 5.74) is 0. The Labute approximate surface area is 88.5 Å². The van der Waals surface area contributed by atoms with Crippen LogP contribution in [0.1, 0.15) is 25.7 Å². The Hall–Kier alpha value is -0.480. The van der Waals surface area contributed by atoms with Gasteiger partial charge in [0.2, 0.25) is 0 Å². The van der Waals surface area contributed by atoms with Crippen LogP contribution in [0.3, 0.4) is 0 Å². The molecule has 3 nitrogen and oxygen atoms in total. The molecule has 1 atom stereocenters. The number of allylic oxidation sites excluding steroid dienone is 1. The van der Waals surface area contributed by atoms with Crippen molar-refractivity contribution in [3.05, 3.63) is 11.0 Å². The first kappa shape index (κ1) is 11.6. The maximum atomic E-state index is 11.1. The standard InChI is InChI=1S/C10H16O3S/c1-13-10(12)9-6-5-8(14-9)4-2-3-7-11/h6,8,11H,2-5,7H2,1H3. The number of hydrogen-bond acceptors (Lipinski definition) is 4. The van der Waals surface area contributed by atoms with Gasteiger partial charge in [0.05, 0.1) is 12.0 Å². The zero-order chi connectivity index (χ0) is 10.4. The fourth-order valence-corrected chi connectivity index (χ4v) is 2.61. The Morgan fingerprint density at radius 3 is 3.14 bits per heavy atom. The number of ether oxygens (including phenoxy) is 1. The molecule has 1 rings (SSSR count). The van der Waals surface area contributed by atoms with Crippen molar-refractivity contribution in [1.29, 1.82) is 0 Å². The van der Waals surface area contributed by atoms with Gasteiger partial charge >= 0.3 is 5.97 Å². The highest BCUT2D eigenvalue weighted by atomic mass is 32.2. The predicted molar refractivity (Wildman–Crippen MR) is 57.0 cm³/mol. The van der Waals surface area contributed by atoms with Gasteiger partial charge in [0.15, 0.2) is 0 Å². The second-order valence-corrected chi connectivity index (χ2v) is 4.60. The molecule has 0 bridgehead atoms. The summed E-state index contributed by atoms with van der Waals surface area (Å²) in [6, 6.07) is 0. The van der Waals surface area contributed by atoms with E-state index >= 15 is 0 Å². The van der Waals surface area contributed by atoms with Gasteiger partial charge in [-0.05, 0) is 19.3 Å². The molecular formula is C10H16O3S. The molecule has 1 heterocycles. The van der Waals surface area contributed by atoms with Crippen molar-refractivity contribution < 1.29 is 14.6 Å². The van der Waals surface area contributed by atoms with Crippen LogP contribution < -0.4 is 0 Å². The van der Waals surface area contributed by atoms with Crippen LogP contribution in [-0.2, 0) is 9.53 Å². The molecule has 0 amide bonds. The number of hydrogen-bond donors (Lipinski definition) is 1. The molecule has 1 aliphatic heterocycles. The first-order valence-electron chi connectivity index (χ1n) is 4.84. The summed E-state index contributed by atoms with van der Waals surface area (Å²) in [6.07, 6.45) is 5.82. The van der Waals surface area contributed by atoms with E-state index in [2.05, 4.69) is 4.74 Å². The van der Waals surface area contributed by atoms with Gasteiger partial charge in [-0.3, -0.25) is 0 Å². The number of esters is 1. The smallest absolute Gasteiger partial charge is 0.344 e. The van der Waals surface area contributed by atoms with Gasteiger partial charge in [-0.2, -0.15) is 0 Å². The third-order valence-electron chi connectivity index (χ3n) is 2.18.